The van der Waals surface area contributed by atoms with Crippen LogP contribution in [0.2, 0.25) is 0 Å². The Morgan fingerprint density at radius 2 is 1.92 bits per heavy atom. The average molecular weight is 511 g/mol. The maximum absolute atomic E-state index is 12.4. The molecule has 4 N–H and O–H groups in total. The molecule has 1 fully saturated rings. The Morgan fingerprint density at radius 3 is 2.58 bits per heavy atom. The molecular weight excluding hydrogens is 472 g/mol. The summed E-state index contributed by atoms with van der Waals surface area (Å²) in [7, 11) is -3.17. The summed E-state index contributed by atoms with van der Waals surface area (Å²) in [6.45, 7) is 8.92. The number of nitrogens with two attached hydrogens (primary N) is 1. The predicted octanol–water partition coefficient (Wildman–Crippen LogP) is 4.60. The van der Waals surface area contributed by atoms with Crippen LogP contribution in [0.3, 0.4) is 0 Å². The van der Waals surface area contributed by atoms with E-state index in [1.807, 2.05) is 18.3 Å². The number of H-pyrrole nitrogens is 1. The third kappa shape index (κ3) is 5.66. The van der Waals surface area contributed by atoms with Crippen LogP contribution in [-0.2, 0) is 16.6 Å². The Hall–Kier alpha value is -2.68. The fraction of sp³-hybridized carbons (Fsp3) is 0.464. The van der Waals surface area contributed by atoms with Gasteiger partial charge in [-0.15, -0.1) is 0 Å². The number of hydrogen-bond donors (Lipinski definition) is 3. The van der Waals surface area contributed by atoms with Gasteiger partial charge in [-0.05, 0) is 78.6 Å². The third-order valence-electron chi connectivity index (χ3n) is 7.52. The van der Waals surface area contributed by atoms with Crippen molar-refractivity contribution in [2.24, 2.45) is 11.7 Å². The molecule has 1 amide bonds. The largest absolute Gasteiger partial charge is 0.366 e. The van der Waals surface area contributed by atoms with Crippen molar-refractivity contribution in [1.29, 1.82) is 0 Å². The number of primary amides is 1. The van der Waals surface area contributed by atoms with E-state index in [2.05, 4.69) is 48.4 Å². The first-order valence-corrected chi connectivity index (χ1v) is 14.6. The first kappa shape index (κ1) is 26.4. The highest BCUT2D eigenvalue weighted by Gasteiger charge is 2.29. The van der Waals surface area contributed by atoms with Crippen molar-refractivity contribution >= 4 is 26.8 Å². The fourth-order valence-electron chi connectivity index (χ4n) is 5.05. The molecule has 0 saturated carbocycles. The standard InChI is InChI=1S/C28H38N4O3S/c1-4-19(3)16-30-17-20-7-6-8-22(13-20)23-14-24-26(18-31-27(24)25(15-23)28(29)33)21-9-11-32(12-10-21)36(34,35)5-2/h6-8,13-15,18-19,21,30-31H,4-5,9-12,16-17H2,1-3H3,(H2,29,33). The molecule has 2 aromatic carbocycles. The van der Waals surface area contributed by atoms with Gasteiger partial charge in [-0.3, -0.25) is 4.79 Å². The van der Waals surface area contributed by atoms with Gasteiger partial charge in [0, 0.05) is 31.2 Å². The number of nitrogens with one attached hydrogen (secondary N) is 2. The number of aromatic nitrogens is 1. The average Bonchev–Trinajstić information content (AvgIpc) is 3.32. The van der Waals surface area contributed by atoms with Crippen LogP contribution in [0.5, 0.6) is 0 Å². The molecule has 1 atom stereocenters. The van der Waals surface area contributed by atoms with Crippen LogP contribution < -0.4 is 11.1 Å². The lowest BCUT2D eigenvalue weighted by Crippen LogP contribution is -2.38. The van der Waals surface area contributed by atoms with Gasteiger partial charge in [-0.1, -0.05) is 38.5 Å². The topological polar surface area (TPSA) is 108 Å². The molecule has 36 heavy (non-hydrogen) atoms. The minimum atomic E-state index is -3.17. The zero-order valence-electron chi connectivity index (χ0n) is 21.5. The highest BCUT2D eigenvalue weighted by atomic mass is 32.2. The van der Waals surface area contributed by atoms with E-state index in [0.29, 0.717) is 24.6 Å². The molecule has 1 aromatic heterocycles. The van der Waals surface area contributed by atoms with Gasteiger partial charge in [0.2, 0.25) is 10.0 Å². The zero-order valence-corrected chi connectivity index (χ0v) is 22.3. The maximum atomic E-state index is 12.4. The van der Waals surface area contributed by atoms with E-state index in [1.54, 1.807) is 11.2 Å². The molecule has 0 spiro atoms. The number of amides is 1. The molecule has 3 aromatic rings. The van der Waals surface area contributed by atoms with Gasteiger partial charge < -0.3 is 16.0 Å². The molecule has 4 rings (SSSR count). The summed E-state index contributed by atoms with van der Waals surface area (Å²) in [6, 6.07) is 12.4. The van der Waals surface area contributed by atoms with Crippen LogP contribution in [0, 0.1) is 5.92 Å². The number of hydrogen-bond acceptors (Lipinski definition) is 4. The molecule has 8 heteroatoms. The zero-order chi connectivity index (χ0) is 25.9. The summed E-state index contributed by atoms with van der Waals surface area (Å²) >= 11 is 0. The highest BCUT2D eigenvalue weighted by Crippen LogP contribution is 2.37. The molecule has 1 aliphatic heterocycles. The molecule has 7 nitrogen and oxygen atoms in total. The number of nitrogens with zero attached hydrogens (tertiary/aromatic N) is 1. The van der Waals surface area contributed by atoms with Gasteiger partial charge in [-0.2, -0.15) is 0 Å². The summed E-state index contributed by atoms with van der Waals surface area (Å²) in [5.41, 5.74) is 11.3. The minimum absolute atomic E-state index is 0.127. The van der Waals surface area contributed by atoms with Crippen LogP contribution in [-0.4, -0.2) is 49.0 Å². The van der Waals surface area contributed by atoms with E-state index in [9.17, 15) is 13.2 Å². The second-order valence-electron chi connectivity index (χ2n) is 9.97. The number of fused-ring (bicyclic) bond motifs is 1. The van der Waals surface area contributed by atoms with Crippen molar-refractivity contribution in [3.8, 4) is 11.1 Å². The van der Waals surface area contributed by atoms with Crippen molar-refractivity contribution in [1.82, 2.24) is 14.6 Å². The van der Waals surface area contributed by atoms with Crippen LogP contribution >= 0.6 is 0 Å². The van der Waals surface area contributed by atoms with Crippen molar-refractivity contribution in [2.75, 3.05) is 25.4 Å². The lowest BCUT2D eigenvalue weighted by Gasteiger charge is -2.31. The first-order valence-electron chi connectivity index (χ1n) is 13.0. The number of sulfonamides is 1. The SMILES string of the molecule is CCC(C)CNCc1cccc(-c2cc(C(N)=O)c3[nH]cc(C4CCN(S(=O)(=O)CC)CC4)c3c2)c1. The van der Waals surface area contributed by atoms with Gasteiger partial charge in [0.15, 0.2) is 0 Å². The van der Waals surface area contributed by atoms with E-state index in [4.69, 9.17) is 5.73 Å². The third-order valence-corrected chi connectivity index (χ3v) is 9.40. The summed E-state index contributed by atoms with van der Waals surface area (Å²) in [4.78, 5) is 15.7. The Labute approximate surface area is 214 Å². The fourth-order valence-corrected chi connectivity index (χ4v) is 6.18. The van der Waals surface area contributed by atoms with E-state index >= 15 is 0 Å². The van der Waals surface area contributed by atoms with Crippen LogP contribution in [0.4, 0.5) is 0 Å². The van der Waals surface area contributed by atoms with Crippen molar-refractivity contribution < 1.29 is 13.2 Å². The number of benzene rings is 2. The van der Waals surface area contributed by atoms with Crippen LogP contribution in [0.1, 0.15) is 67.4 Å². The van der Waals surface area contributed by atoms with E-state index in [-0.39, 0.29) is 11.7 Å². The van der Waals surface area contributed by atoms with E-state index < -0.39 is 15.9 Å². The summed E-state index contributed by atoms with van der Waals surface area (Å²) < 4.78 is 26.2. The number of carbonyl (C=O) groups is 1. The molecule has 0 bridgehead atoms. The van der Waals surface area contributed by atoms with E-state index in [0.717, 1.165) is 59.9 Å². The molecule has 1 saturated heterocycles. The molecule has 194 valence electrons. The molecule has 0 radical (unpaired) electrons. The number of rotatable bonds is 10. The van der Waals surface area contributed by atoms with Gasteiger partial charge in [-0.25, -0.2) is 12.7 Å². The van der Waals surface area contributed by atoms with Crippen LogP contribution in [0.15, 0.2) is 42.6 Å². The lowest BCUT2D eigenvalue weighted by molar-refractivity contribution is 0.100. The maximum Gasteiger partial charge on any atom is 0.250 e. The van der Waals surface area contributed by atoms with Gasteiger partial charge in [0.25, 0.3) is 5.91 Å². The monoisotopic (exact) mass is 510 g/mol. The number of aromatic amines is 1. The second-order valence-corrected chi connectivity index (χ2v) is 12.2. The van der Waals surface area contributed by atoms with Crippen LogP contribution in [0.25, 0.3) is 22.0 Å². The van der Waals surface area contributed by atoms with Gasteiger partial charge >= 0.3 is 0 Å². The summed E-state index contributed by atoms with van der Waals surface area (Å²) in [5.74, 6) is 0.511. The van der Waals surface area contributed by atoms with Gasteiger partial charge in [0.05, 0.1) is 16.8 Å². The molecule has 1 unspecified atom stereocenters. The Balaban J connectivity index is 1.64. The Kier molecular flexibility index (Phi) is 8.17. The molecular formula is C28H38N4O3S. The predicted molar refractivity (Wildman–Crippen MR) is 146 cm³/mol. The lowest BCUT2D eigenvalue weighted by atomic mass is 9.88. The smallest absolute Gasteiger partial charge is 0.250 e. The Bertz CT molecular complexity index is 1320. The first-order chi connectivity index (χ1) is 17.2. The number of piperidine rings is 1. The summed E-state index contributed by atoms with van der Waals surface area (Å²) in [6.07, 6.45) is 4.61. The quantitative estimate of drug-likeness (QED) is 0.370. The normalized spacial score (nSPS) is 16.4. The number of carbonyl (C=O) groups excluding carboxylic acids is 1. The highest BCUT2D eigenvalue weighted by molar-refractivity contribution is 7.89. The second kappa shape index (κ2) is 11.2. The summed E-state index contributed by atoms with van der Waals surface area (Å²) in [5, 5.41) is 4.52. The molecule has 1 aliphatic rings. The van der Waals surface area contributed by atoms with Gasteiger partial charge in [0.1, 0.15) is 0 Å². The minimum Gasteiger partial charge on any atom is -0.366 e. The Morgan fingerprint density at radius 1 is 1.17 bits per heavy atom. The van der Waals surface area contributed by atoms with E-state index in [1.165, 1.54) is 5.56 Å². The molecule has 2 heterocycles. The van der Waals surface area contributed by atoms with Crippen molar-refractivity contribution in [3.63, 3.8) is 0 Å². The van der Waals surface area contributed by atoms with Crippen molar-refractivity contribution in [2.45, 2.75) is 52.5 Å². The molecule has 0 aliphatic carbocycles. The van der Waals surface area contributed by atoms with Crippen molar-refractivity contribution in [3.05, 3.63) is 59.3 Å².